The first-order chi connectivity index (χ1) is 30.5. The van der Waals surface area contributed by atoms with Gasteiger partial charge in [0.15, 0.2) is 0 Å². The van der Waals surface area contributed by atoms with Gasteiger partial charge in [-0.2, -0.15) is 0 Å². The Hall–Kier alpha value is -2.44. The van der Waals surface area contributed by atoms with E-state index in [9.17, 15) is 19.8 Å². The van der Waals surface area contributed by atoms with Gasteiger partial charge in [-0.05, 0) is 89.9 Å². The van der Waals surface area contributed by atoms with E-state index in [0.29, 0.717) is 19.3 Å². The van der Waals surface area contributed by atoms with Gasteiger partial charge in [-0.25, -0.2) is 0 Å². The molecule has 6 heteroatoms. The van der Waals surface area contributed by atoms with Crippen molar-refractivity contribution < 1.29 is 24.5 Å². The topological polar surface area (TPSA) is 95.9 Å². The highest BCUT2D eigenvalue weighted by Crippen LogP contribution is 2.18. The minimum Gasteiger partial charge on any atom is -0.462 e. The highest BCUT2D eigenvalue weighted by Gasteiger charge is 2.24. The minimum atomic E-state index is -0.796. The van der Waals surface area contributed by atoms with Crippen LogP contribution in [0.2, 0.25) is 0 Å². The maximum atomic E-state index is 13.2. The smallest absolute Gasteiger partial charge is 0.306 e. The molecule has 0 spiro atoms. The van der Waals surface area contributed by atoms with Crippen molar-refractivity contribution in [2.75, 3.05) is 6.61 Å². The van der Waals surface area contributed by atoms with Crippen molar-refractivity contribution in [1.29, 1.82) is 0 Å². The van der Waals surface area contributed by atoms with Gasteiger partial charge in [-0.15, -0.1) is 0 Å². The number of carbonyl (C=O) groups is 2. The molecule has 0 bridgehead atoms. The fraction of sp³-hybridized carbons (Fsp3) is 0.786. The van der Waals surface area contributed by atoms with Crippen LogP contribution in [-0.2, 0) is 14.3 Å². The number of aliphatic hydroxyl groups excluding tert-OH is 2. The molecule has 0 saturated heterocycles. The zero-order chi connectivity index (χ0) is 45.2. The standard InChI is InChI=1S/C56H101NO5/c1-4-7-10-13-16-19-22-25-27-28-31-34-37-40-43-46-49-56(61)62-52(47-44-41-38-35-32-29-24-21-18-15-12-9-6-3)50-55(60)57-53(51-58)54(59)48-45-42-39-36-33-30-26-23-20-17-14-11-8-5-2/h7,10,16,19,21,24-25,27,31,34,52-54,58-59H,4-6,8-9,11-15,17-18,20,22-23,26,28-30,32-33,35-51H2,1-3H3,(H,57,60)/b10-7+,19-16+,24-21-,27-25+,34-31+. The lowest BCUT2D eigenvalue weighted by molar-refractivity contribution is -0.151. The Morgan fingerprint density at radius 2 is 0.871 bits per heavy atom. The molecule has 360 valence electrons. The van der Waals surface area contributed by atoms with Crippen molar-refractivity contribution in [3.63, 3.8) is 0 Å². The van der Waals surface area contributed by atoms with Crippen LogP contribution >= 0.6 is 0 Å². The molecule has 0 fully saturated rings. The molecule has 0 aliphatic carbocycles. The number of rotatable bonds is 47. The van der Waals surface area contributed by atoms with E-state index in [1.54, 1.807) is 0 Å². The van der Waals surface area contributed by atoms with Gasteiger partial charge in [0.05, 0.1) is 25.2 Å². The number of amides is 1. The molecule has 6 nitrogen and oxygen atoms in total. The van der Waals surface area contributed by atoms with Gasteiger partial charge < -0.3 is 20.3 Å². The highest BCUT2D eigenvalue weighted by atomic mass is 16.5. The molecular formula is C56H101NO5. The van der Waals surface area contributed by atoms with Crippen molar-refractivity contribution in [3.05, 3.63) is 60.8 Å². The molecule has 3 unspecified atom stereocenters. The van der Waals surface area contributed by atoms with Crippen molar-refractivity contribution in [3.8, 4) is 0 Å². The zero-order valence-corrected chi connectivity index (χ0v) is 41.0. The molecule has 3 N–H and O–H groups in total. The van der Waals surface area contributed by atoms with Gasteiger partial charge in [0, 0.05) is 6.42 Å². The number of nitrogens with one attached hydrogen (secondary N) is 1. The maximum Gasteiger partial charge on any atom is 0.306 e. The molecule has 0 aromatic carbocycles. The van der Waals surface area contributed by atoms with Gasteiger partial charge in [-0.1, -0.05) is 216 Å². The summed E-state index contributed by atoms with van der Waals surface area (Å²) in [6.07, 6.45) is 61.3. The van der Waals surface area contributed by atoms with E-state index >= 15 is 0 Å². The van der Waals surface area contributed by atoms with E-state index in [1.165, 1.54) is 116 Å². The van der Waals surface area contributed by atoms with Crippen LogP contribution < -0.4 is 5.32 Å². The molecule has 0 aromatic rings. The summed E-state index contributed by atoms with van der Waals surface area (Å²) < 4.78 is 5.92. The number of carbonyl (C=O) groups excluding carboxylic acids is 2. The largest absolute Gasteiger partial charge is 0.462 e. The summed E-state index contributed by atoms with van der Waals surface area (Å²) >= 11 is 0. The summed E-state index contributed by atoms with van der Waals surface area (Å²) in [5, 5.41) is 23.8. The molecule has 0 heterocycles. The van der Waals surface area contributed by atoms with E-state index in [2.05, 4.69) is 86.8 Å². The normalized spacial score (nSPS) is 13.7. The van der Waals surface area contributed by atoms with Crippen LogP contribution in [0.25, 0.3) is 0 Å². The van der Waals surface area contributed by atoms with Crippen molar-refractivity contribution in [2.24, 2.45) is 0 Å². The summed E-state index contributed by atoms with van der Waals surface area (Å²) in [5.74, 6) is -0.516. The average molecular weight is 868 g/mol. The zero-order valence-electron chi connectivity index (χ0n) is 41.0. The Morgan fingerprint density at radius 1 is 0.484 bits per heavy atom. The molecule has 0 saturated carbocycles. The van der Waals surface area contributed by atoms with Crippen LogP contribution in [0.3, 0.4) is 0 Å². The summed E-state index contributed by atoms with van der Waals surface area (Å²) in [4.78, 5) is 26.2. The fourth-order valence-electron chi connectivity index (χ4n) is 7.83. The Morgan fingerprint density at radius 3 is 1.35 bits per heavy atom. The number of allylic oxidation sites excluding steroid dienone is 10. The van der Waals surface area contributed by atoms with Crippen LogP contribution in [0.15, 0.2) is 60.8 Å². The highest BCUT2D eigenvalue weighted by molar-refractivity contribution is 5.77. The van der Waals surface area contributed by atoms with Crippen LogP contribution in [0.1, 0.15) is 258 Å². The molecule has 0 aromatic heterocycles. The maximum absolute atomic E-state index is 13.2. The van der Waals surface area contributed by atoms with Gasteiger partial charge in [-0.3, -0.25) is 9.59 Å². The summed E-state index contributed by atoms with van der Waals surface area (Å²) in [6, 6.07) is -0.712. The second-order valence-electron chi connectivity index (χ2n) is 17.9. The third-order valence-electron chi connectivity index (χ3n) is 11.8. The lowest BCUT2D eigenvalue weighted by Crippen LogP contribution is -2.46. The summed E-state index contributed by atoms with van der Waals surface area (Å²) in [7, 11) is 0. The number of hydrogen-bond donors (Lipinski definition) is 3. The lowest BCUT2D eigenvalue weighted by Gasteiger charge is -2.24. The van der Waals surface area contributed by atoms with E-state index in [-0.39, 0.29) is 24.9 Å². The van der Waals surface area contributed by atoms with Crippen LogP contribution in [0.5, 0.6) is 0 Å². The molecule has 0 aliphatic heterocycles. The van der Waals surface area contributed by atoms with Crippen molar-refractivity contribution >= 4 is 11.9 Å². The van der Waals surface area contributed by atoms with Crippen LogP contribution in [0, 0.1) is 0 Å². The van der Waals surface area contributed by atoms with E-state index in [0.717, 1.165) is 96.3 Å². The predicted octanol–water partition coefficient (Wildman–Crippen LogP) is 16.0. The van der Waals surface area contributed by atoms with E-state index in [4.69, 9.17) is 4.74 Å². The van der Waals surface area contributed by atoms with Gasteiger partial charge in [0.25, 0.3) is 0 Å². The van der Waals surface area contributed by atoms with E-state index in [1.807, 2.05) is 0 Å². The average Bonchev–Trinajstić information content (AvgIpc) is 3.26. The Balaban J connectivity index is 4.62. The number of hydrogen-bond acceptors (Lipinski definition) is 5. The van der Waals surface area contributed by atoms with Crippen LogP contribution in [0.4, 0.5) is 0 Å². The third kappa shape index (κ3) is 44.2. The summed E-state index contributed by atoms with van der Waals surface area (Å²) in [5.41, 5.74) is 0. The Labute approximate surface area is 384 Å². The number of aliphatic hydroxyl groups is 2. The molecule has 0 rings (SSSR count). The number of esters is 1. The van der Waals surface area contributed by atoms with Crippen molar-refractivity contribution in [1.82, 2.24) is 5.32 Å². The first-order valence-electron chi connectivity index (χ1n) is 26.5. The molecular weight excluding hydrogens is 767 g/mol. The van der Waals surface area contributed by atoms with Gasteiger partial charge in [0.2, 0.25) is 5.91 Å². The second-order valence-corrected chi connectivity index (χ2v) is 17.9. The third-order valence-corrected chi connectivity index (χ3v) is 11.8. The quantitative estimate of drug-likeness (QED) is 0.0322. The Bertz CT molecular complexity index is 1110. The first-order valence-corrected chi connectivity index (χ1v) is 26.5. The van der Waals surface area contributed by atoms with Crippen molar-refractivity contribution in [2.45, 2.75) is 277 Å². The van der Waals surface area contributed by atoms with Gasteiger partial charge >= 0.3 is 5.97 Å². The molecule has 0 aliphatic rings. The Kier molecular flexibility index (Phi) is 47.6. The summed E-state index contributed by atoms with van der Waals surface area (Å²) in [6.45, 7) is 6.36. The fourth-order valence-corrected chi connectivity index (χ4v) is 7.83. The SMILES string of the molecule is CC/C=C/C/C=C/C/C=C/C/C=C/CCCCCC(=O)OC(CCCCCCC/C=C\CCCCCC)CC(=O)NC(CO)C(O)CCCCCCCCCCCCCCCC. The minimum absolute atomic E-state index is 0.0582. The molecule has 3 atom stereocenters. The van der Waals surface area contributed by atoms with E-state index < -0.39 is 18.2 Å². The first kappa shape index (κ1) is 59.6. The van der Waals surface area contributed by atoms with Crippen LogP contribution in [-0.4, -0.2) is 46.9 Å². The number of ether oxygens (including phenoxy) is 1. The molecule has 62 heavy (non-hydrogen) atoms. The number of unbranched alkanes of at least 4 members (excludes halogenated alkanes) is 25. The molecule has 0 radical (unpaired) electrons. The lowest BCUT2D eigenvalue weighted by atomic mass is 10.0. The monoisotopic (exact) mass is 868 g/mol. The second kappa shape index (κ2) is 49.6. The molecule has 1 amide bonds. The van der Waals surface area contributed by atoms with Gasteiger partial charge in [0.1, 0.15) is 6.10 Å². The predicted molar refractivity (Wildman–Crippen MR) is 268 cm³/mol.